The Labute approximate surface area is 102 Å². The molecular formula is C14H17N3. The molecule has 0 aliphatic heterocycles. The molecule has 2 rings (SSSR count). The van der Waals surface area contributed by atoms with E-state index in [1.54, 1.807) is 0 Å². The normalized spacial score (nSPS) is 10.6. The second-order valence-corrected chi connectivity index (χ2v) is 4.53. The maximum Gasteiger partial charge on any atom is 0.220 e. The highest BCUT2D eigenvalue weighted by atomic mass is 15.0. The molecule has 0 aliphatic rings. The molecule has 1 aromatic heterocycles. The average molecular weight is 227 g/mol. The number of rotatable bonds is 1. The van der Waals surface area contributed by atoms with Crippen molar-refractivity contribution in [3.05, 3.63) is 40.6 Å². The van der Waals surface area contributed by atoms with E-state index in [1.807, 2.05) is 13.0 Å². The van der Waals surface area contributed by atoms with Crippen molar-refractivity contribution in [1.29, 1.82) is 0 Å². The monoisotopic (exact) mass is 227 g/mol. The van der Waals surface area contributed by atoms with Crippen LogP contribution in [0.15, 0.2) is 18.2 Å². The number of aromatic nitrogens is 2. The van der Waals surface area contributed by atoms with Crippen molar-refractivity contribution < 1.29 is 0 Å². The molecule has 0 amide bonds. The topological polar surface area (TPSA) is 51.8 Å². The van der Waals surface area contributed by atoms with Crippen molar-refractivity contribution in [3.8, 4) is 11.3 Å². The lowest BCUT2D eigenvalue weighted by atomic mass is 9.97. The summed E-state index contributed by atoms with van der Waals surface area (Å²) in [5, 5.41) is 0. The number of benzene rings is 1. The summed E-state index contributed by atoms with van der Waals surface area (Å²) >= 11 is 0. The highest BCUT2D eigenvalue weighted by molar-refractivity contribution is 5.69. The molecule has 17 heavy (non-hydrogen) atoms. The maximum absolute atomic E-state index is 5.70. The Morgan fingerprint density at radius 2 is 1.47 bits per heavy atom. The molecule has 0 unspecified atom stereocenters. The minimum atomic E-state index is 0.333. The number of nitrogens with zero attached hydrogens (tertiary/aromatic N) is 2. The van der Waals surface area contributed by atoms with Crippen LogP contribution in [-0.4, -0.2) is 9.97 Å². The van der Waals surface area contributed by atoms with Crippen LogP contribution in [0.5, 0.6) is 0 Å². The number of hydrogen-bond acceptors (Lipinski definition) is 3. The van der Waals surface area contributed by atoms with E-state index in [0.717, 1.165) is 17.0 Å². The van der Waals surface area contributed by atoms with E-state index in [4.69, 9.17) is 5.73 Å². The molecule has 88 valence electrons. The van der Waals surface area contributed by atoms with Crippen LogP contribution >= 0.6 is 0 Å². The van der Waals surface area contributed by atoms with Crippen LogP contribution in [0, 0.1) is 27.7 Å². The van der Waals surface area contributed by atoms with Gasteiger partial charge < -0.3 is 5.73 Å². The highest BCUT2D eigenvalue weighted by Gasteiger charge is 2.09. The van der Waals surface area contributed by atoms with E-state index >= 15 is 0 Å². The lowest BCUT2D eigenvalue weighted by molar-refractivity contribution is 1.12. The molecule has 1 aromatic carbocycles. The first kappa shape index (κ1) is 11.6. The van der Waals surface area contributed by atoms with Gasteiger partial charge in [0.05, 0.1) is 5.69 Å². The van der Waals surface area contributed by atoms with Crippen LogP contribution in [0.1, 0.15) is 22.4 Å². The summed E-state index contributed by atoms with van der Waals surface area (Å²) in [5.74, 6) is 0.333. The van der Waals surface area contributed by atoms with E-state index in [9.17, 15) is 0 Å². The van der Waals surface area contributed by atoms with Gasteiger partial charge in [0.25, 0.3) is 0 Å². The first-order valence-electron chi connectivity index (χ1n) is 5.67. The van der Waals surface area contributed by atoms with Crippen LogP contribution in [0.3, 0.4) is 0 Å². The minimum absolute atomic E-state index is 0.333. The van der Waals surface area contributed by atoms with Gasteiger partial charge >= 0.3 is 0 Å². The molecular weight excluding hydrogens is 210 g/mol. The molecule has 0 fully saturated rings. The third-order valence-electron chi connectivity index (χ3n) is 2.80. The minimum Gasteiger partial charge on any atom is -0.368 e. The molecule has 2 aromatic rings. The van der Waals surface area contributed by atoms with Gasteiger partial charge in [-0.15, -0.1) is 0 Å². The summed E-state index contributed by atoms with van der Waals surface area (Å²) in [6.45, 7) is 8.23. The van der Waals surface area contributed by atoms with Crippen LogP contribution in [-0.2, 0) is 0 Å². The van der Waals surface area contributed by atoms with Crippen LogP contribution in [0.2, 0.25) is 0 Å². The first-order chi connectivity index (χ1) is 7.97. The Bertz CT molecular complexity index is 530. The quantitative estimate of drug-likeness (QED) is 0.814. The van der Waals surface area contributed by atoms with Gasteiger partial charge in [-0.3, -0.25) is 0 Å². The highest BCUT2D eigenvalue weighted by Crippen LogP contribution is 2.27. The van der Waals surface area contributed by atoms with Gasteiger partial charge in [-0.25, -0.2) is 9.97 Å². The van der Waals surface area contributed by atoms with Crippen LogP contribution in [0.4, 0.5) is 5.95 Å². The predicted molar refractivity (Wildman–Crippen MR) is 70.8 cm³/mol. The molecule has 0 aliphatic carbocycles. The van der Waals surface area contributed by atoms with Crippen molar-refractivity contribution in [3.63, 3.8) is 0 Å². The Balaban J connectivity index is 2.68. The summed E-state index contributed by atoms with van der Waals surface area (Å²) in [6.07, 6.45) is 0. The number of anilines is 1. The van der Waals surface area contributed by atoms with Crippen molar-refractivity contribution in [2.75, 3.05) is 5.73 Å². The van der Waals surface area contributed by atoms with Crippen molar-refractivity contribution >= 4 is 5.95 Å². The van der Waals surface area contributed by atoms with Crippen molar-refractivity contribution in [1.82, 2.24) is 9.97 Å². The number of nitrogen functional groups attached to an aromatic ring is 1. The lowest BCUT2D eigenvalue weighted by Crippen LogP contribution is -2.00. The van der Waals surface area contributed by atoms with E-state index in [2.05, 4.69) is 42.9 Å². The third kappa shape index (κ3) is 2.28. The standard InChI is InChI=1S/C14H17N3/c1-8-5-9(2)13(10(3)6-8)12-7-11(4)16-14(15)17-12/h5-7H,1-4H3,(H2,15,16,17). The van der Waals surface area contributed by atoms with Gasteiger partial charge in [0.1, 0.15) is 0 Å². The van der Waals surface area contributed by atoms with E-state index in [-0.39, 0.29) is 0 Å². The van der Waals surface area contributed by atoms with E-state index in [1.165, 1.54) is 16.7 Å². The number of hydrogen-bond donors (Lipinski definition) is 1. The van der Waals surface area contributed by atoms with E-state index in [0.29, 0.717) is 5.95 Å². The van der Waals surface area contributed by atoms with Gasteiger partial charge in [0.15, 0.2) is 0 Å². The maximum atomic E-state index is 5.70. The molecule has 1 heterocycles. The third-order valence-corrected chi connectivity index (χ3v) is 2.80. The summed E-state index contributed by atoms with van der Waals surface area (Å²) < 4.78 is 0. The molecule has 0 saturated heterocycles. The number of nitrogens with two attached hydrogens (primary N) is 1. The van der Waals surface area contributed by atoms with Crippen molar-refractivity contribution in [2.24, 2.45) is 0 Å². The van der Waals surface area contributed by atoms with Crippen molar-refractivity contribution in [2.45, 2.75) is 27.7 Å². The Morgan fingerprint density at radius 1 is 0.882 bits per heavy atom. The second-order valence-electron chi connectivity index (χ2n) is 4.53. The smallest absolute Gasteiger partial charge is 0.220 e. The summed E-state index contributed by atoms with van der Waals surface area (Å²) in [4.78, 5) is 8.43. The van der Waals surface area contributed by atoms with Crippen LogP contribution in [0.25, 0.3) is 11.3 Å². The molecule has 0 bridgehead atoms. The molecule has 0 saturated carbocycles. The molecule has 2 N–H and O–H groups in total. The predicted octanol–water partition coefficient (Wildman–Crippen LogP) is 2.96. The summed E-state index contributed by atoms with van der Waals surface area (Å²) in [6, 6.07) is 6.30. The van der Waals surface area contributed by atoms with Gasteiger partial charge in [0, 0.05) is 11.3 Å². The number of aryl methyl sites for hydroxylation is 4. The van der Waals surface area contributed by atoms with Gasteiger partial charge in [-0.1, -0.05) is 17.7 Å². The molecule has 0 radical (unpaired) electrons. The first-order valence-corrected chi connectivity index (χ1v) is 5.67. The zero-order chi connectivity index (χ0) is 12.6. The fourth-order valence-electron chi connectivity index (χ4n) is 2.30. The van der Waals surface area contributed by atoms with Crippen LogP contribution < -0.4 is 5.73 Å². The molecule has 0 atom stereocenters. The van der Waals surface area contributed by atoms with Gasteiger partial charge in [0.2, 0.25) is 5.95 Å². The van der Waals surface area contributed by atoms with Gasteiger partial charge in [-0.2, -0.15) is 0 Å². The second kappa shape index (κ2) is 4.17. The molecule has 3 heteroatoms. The molecule has 3 nitrogen and oxygen atoms in total. The summed E-state index contributed by atoms with van der Waals surface area (Å²) in [5.41, 5.74) is 12.4. The lowest BCUT2D eigenvalue weighted by Gasteiger charge is -2.11. The Morgan fingerprint density at radius 3 is 2.00 bits per heavy atom. The fraction of sp³-hybridized carbons (Fsp3) is 0.286. The average Bonchev–Trinajstić information content (AvgIpc) is 2.13. The zero-order valence-electron chi connectivity index (χ0n) is 10.7. The van der Waals surface area contributed by atoms with E-state index < -0.39 is 0 Å². The van der Waals surface area contributed by atoms with Gasteiger partial charge in [-0.05, 0) is 44.9 Å². The largest absolute Gasteiger partial charge is 0.368 e. The fourth-order valence-corrected chi connectivity index (χ4v) is 2.30. The Hall–Kier alpha value is -1.90. The Kier molecular flexibility index (Phi) is 2.84. The summed E-state index contributed by atoms with van der Waals surface area (Å²) in [7, 11) is 0. The SMILES string of the molecule is Cc1cc(C)c(-c2cc(C)nc(N)n2)c(C)c1. The zero-order valence-corrected chi connectivity index (χ0v) is 10.7. The molecule has 0 spiro atoms.